The summed E-state index contributed by atoms with van der Waals surface area (Å²) in [5.41, 5.74) is 3.11. The fraction of sp³-hybridized carbons (Fsp3) is 0.222. The maximum atomic E-state index is 13.9. The summed E-state index contributed by atoms with van der Waals surface area (Å²) in [4.78, 5) is 13.0. The minimum absolute atomic E-state index is 0.0560. The molecule has 0 saturated carbocycles. The van der Waals surface area contributed by atoms with Crippen LogP contribution >= 0.6 is 11.6 Å². The number of methoxy groups -OCH3 is 2. The Bertz CT molecular complexity index is 1400. The largest absolute Gasteiger partial charge is 0.493 e. The molecule has 0 saturated heterocycles. The molecule has 3 aromatic rings. The molecule has 4 rings (SSSR count). The second-order valence-corrected chi connectivity index (χ2v) is 10.5. The molecule has 0 aromatic heterocycles. The van der Waals surface area contributed by atoms with Crippen molar-refractivity contribution in [1.29, 1.82) is 0 Å². The van der Waals surface area contributed by atoms with E-state index >= 15 is 0 Å². The lowest BCUT2D eigenvalue weighted by Gasteiger charge is -2.33. The van der Waals surface area contributed by atoms with Crippen LogP contribution in [0.1, 0.15) is 23.6 Å². The van der Waals surface area contributed by atoms with Crippen molar-refractivity contribution in [1.82, 2.24) is 5.32 Å². The van der Waals surface area contributed by atoms with Crippen LogP contribution < -0.4 is 19.1 Å². The van der Waals surface area contributed by atoms with E-state index in [9.17, 15) is 13.2 Å². The van der Waals surface area contributed by atoms with Crippen LogP contribution in [0.2, 0.25) is 5.02 Å². The standard InChI is InChI=1S/C27H27ClN2O5S/c1-18-22-15-24(34-2)25(35-3)16-23(22)30(17-20-7-5-4-6-8-20)36(32,33)26(18)27(31)29-14-13-19-9-11-21(28)12-10-19/h4-12,15-16H,13-14,17H2,1-3H3,(H,29,31). The summed E-state index contributed by atoms with van der Waals surface area (Å²) in [6.45, 7) is 1.96. The predicted molar refractivity (Wildman–Crippen MR) is 142 cm³/mol. The Morgan fingerprint density at radius 2 is 1.58 bits per heavy atom. The molecule has 1 heterocycles. The molecule has 0 atom stereocenters. The molecule has 36 heavy (non-hydrogen) atoms. The van der Waals surface area contributed by atoms with Gasteiger partial charge in [-0.25, -0.2) is 8.42 Å². The van der Waals surface area contributed by atoms with Crippen molar-refractivity contribution in [3.05, 3.63) is 93.3 Å². The van der Waals surface area contributed by atoms with Gasteiger partial charge in [-0.15, -0.1) is 0 Å². The first-order valence-electron chi connectivity index (χ1n) is 11.3. The molecule has 0 fully saturated rings. The van der Waals surface area contributed by atoms with Gasteiger partial charge in [0.1, 0.15) is 0 Å². The number of carbonyl (C=O) groups is 1. The van der Waals surface area contributed by atoms with Gasteiger partial charge < -0.3 is 14.8 Å². The highest BCUT2D eigenvalue weighted by Gasteiger charge is 2.40. The molecule has 3 aromatic carbocycles. The topological polar surface area (TPSA) is 84.9 Å². The van der Waals surface area contributed by atoms with Gasteiger partial charge in [-0.3, -0.25) is 9.10 Å². The fourth-order valence-corrected chi connectivity index (χ4v) is 6.07. The molecule has 0 spiro atoms. The van der Waals surface area contributed by atoms with E-state index in [1.54, 1.807) is 31.2 Å². The summed E-state index contributed by atoms with van der Waals surface area (Å²) in [7, 11) is -1.18. The molecular formula is C27H27ClN2O5S. The van der Waals surface area contributed by atoms with Gasteiger partial charge >= 0.3 is 0 Å². The van der Waals surface area contributed by atoms with Crippen molar-refractivity contribution in [3.63, 3.8) is 0 Å². The molecule has 0 bridgehead atoms. The summed E-state index contributed by atoms with van der Waals surface area (Å²) in [6.07, 6.45) is 0.532. The van der Waals surface area contributed by atoms with Crippen LogP contribution in [0, 0.1) is 0 Å². The van der Waals surface area contributed by atoms with Gasteiger partial charge in [-0.2, -0.15) is 0 Å². The summed E-state index contributed by atoms with van der Waals surface area (Å²) >= 11 is 5.93. The van der Waals surface area contributed by atoms with Gasteiger partial charge in [0.2, 0.25) is 0 Å². The quantitative estimate of drug-likeness (QED) is 0.456. The third-order valence-corrected chi connectivity index (χ3v) is 8.22. The van der Waals surface area contributed by atoms with E-state index in [-0.39, 0.29) is 18.0 Å². The second kappa shape index (κ2) is 10.6. The number of allylic oxidation sites excluding steroid dienone is 1. The normalized spacial score (nSPS) is 14.3. The number of ether oxygens (including phenoxy) is 2. The highest BCUT2D eigenvalue weighted by molar-refractivity contribution is 7.97. The summed E-state index contributed by atoms with van der Waals surface area (Å²) < 4.78 is 39.9. The van der Waals surface area contributed by atoms with Crippen molar-refractivity contribution >= 4 is 38.8 Å². The molecule has 188 valence electrons. The molecule has 0 aliphatic carbocycles. The van der Waals surface area contributed by atoms with Crippen molar-refractivity contribution in [2.45, 2.75) is 19.9 Å². The van der Waals surface area contributed by atoms with E-state index in [0.29, 0.717) is 39.8 Å². The number of anilines is 1. The van der Waals surface area contributed by atoms with Crippen LogP contribution in [0.25, 0.3) is 5.57 Å². The number of hydrogen-bond donors (Lipinski definition) is 1. The molecule has 7 nitrogen and oxygen atoms in total. The lowest BCUT2D eigenvalue weighted by molar-refractivity contribution is -0.116. The summed E-state index contributed by atoms with van der Waals surface area (Å²) in [5, 5.41) is 3.40. The van der Waals surface area contributed by atoms with Crippen molar-refractivity contribution in [2.75, 3.05) is 25.1 Å². The molecule has 1 N–H and O–H groups in total. The maximum Gasteiger partial charge on any atom is 0.270 e. The number of carbonyl (C=O) groups excluding carboxylic acids is 1. The van der Waals surface area contributed by atoms with Crippen molar-refractivity contribution < 1.29 is 22.7 Å². The van der Waals surface area contributed by atoms with Crippen LogP contribution in [0.15, 0.2) is 71.6 Å². The third-order valence-electron chi connectivity index (χ3n) is 6.05. The minimum Gasteiger partial charge on any atom is -0.493 e. The summed E-state index contributed by atoms with van der Waals surface area (Å²) in [5.74, 6) is 0.185. The Hall–Kier alpha value is -3.49. The maximum absolute atomic E-state index is 13.9. The van der Waals surface area contributed by atoms with E-state index < -0.39 is 15.9 Å². The molecule has 0 unspecified atom stereocenters. The Morgan fingerprint density at radius 3 is 2.22 bits per heavy atom. The second-order valence-electron chi connectivity index (χ2n) is 8.31. The van der Waals surface area contributed by atoms with E-state index in [2.05, 4.69) is 5.32 Å². The van der Waals surface area contributed by atoms with Gasteiger partial charge in [0.15, 0.2) is 16.4 Å². The Labute approximate surface area is 216 Å². The monoisotopic (exact) mass is 526 g/mol. The fourth-order valence-electron chi connectivity index (χ4n) is 4.19. The number of nitrogens with zero attached hydrogens (tertiary/aromatic N) is 1. The average molecular weight is 527 g/mol. The van der Waals surface area contributed by atoms with Gasteiger partial charge in [0.05, 0.1) is 26.5 Å². The number of fused-ring (bicyclic) bond motifs is 1. The summed E-state index contributed by atoms with van der Waals surface area (Å²) in [6, 6.07) is 19.8. The first-order chi connectivity index (χ1) is 17.3. The smallest absolute Gasteiger partial charge is 0.270 e. The number of sulfonamides is 1. The predicted octanol–water partition coefficient (Wildman–Crippen LogP) is 4.80. The molecule has 0 radical (unpaired) electrons. The Morgan fingerprint density at radius 1 is 0.944 bits per heavy atom. The van der Waals surface area contributed by atoms with Crippen molar-refractivity contribution in [2.24, 2.45) is 0 Å². The molecule has 9 heteroatoms. The number of amides is 1. The zero-order valence-electron chi connectivity index (χ0n) is 20.2. The molecule has 1 aliphatic heterocycles. The van der Waals surface area contributed by atoms with E-state index in [1.165, 1.54) is 18.5 Å². The Balaban J connectivity index is 1.73. The van der Waals surface area contributed by atoms with Crippen LogP contribution in [0.3, 0.4) is 0 Å². The van der Waals surface area contributed by atoms with Gasteiger partial charge in [-0.05, 0) is 48.2 Å². The number of benzene rings is 3. The van der Waals surface area contributed by atoms with Crippen LogP contribution in [0.4, 0.5) is 5.69 Å². The average Bonchev–Trinajstić information content (AvgIpc) is 2.87. The van der Waals surface area contributed by atoms with Crippen molar-refractivity contribution in [3.8, 4) is 11.5 Å². The van der Waals surface area contributed by atoms with E-state index in [4.69, 9.17) is 21.1 Å². The SMILES string of the molecule is COc1cc2c(cc1OC)N(Cc1ccccc1)S(=O)(=O)C(C(=O)NCCc1ccc(Cl)cc1)=C2C. The number of hydrogen-bond acceptors (Lipinski definition) is 5. The van der Waals surface area contributed by atoms with Gasteiger partial charge in [0.25, 0.3) is 15.9 Å². The highest BCUT2D eigenvalue weighted by Crippen LogP contribution is 2.45. The van der Waals surface area contributed by atoms with Crippen LogP contribution in [-0.4, -0.2) is 35.1 Å². The van der Waals surface area contributed by atoms with Crippen LogP contribution in [0.5, 0.6) is 11.5 Å². The third kappa shape index (κ3) is 5.05. The zero-order chi connectivity index (χ0) is 25.9. The van der Waals surface area contributed by atoms with E-state index in [0.717, 1.165) is 11.1 Å². The number of rotatable bonds is 8. The number of nitrogens with one attached hydrogen (secondary N) is 1. The van der Waals surface area contributed by atoms with E-state index in [1.807, 2.05) is 42.5 Å². The lowest BCUT2D eigenvalue weighted by atomic mass is 10.0. The van der Waals surface area contributed by atoms with Gasteiger partial charge in [0, 0.05) is 23.2 Å². The molecular weight excluding hydrogens is 500 g/mol. The molecule has 1 aliphatic rings. The lowest BCUT2D eigenvalue weighted by Crippen LogP contribution is -2.41. The zero-order valence-corrected chi connectivity index (χ0v) is 21.8. The Kier molecular flexibility index (Phi) is 7.56. The van der Waals surface area contributed by atoms with Crippen LogP contribution in [-0.2, 0) is 27.8 Å². The molecule has 1 amide bonds. The number of halogens is 1. The highest BCUT2D eigenvalue weighted by atomic mass is 35.5. The first kappa shape index (κ1) is 25.6. The minimum atomic E-state index is -4.18. The van der Waals surface area contributed by atoms with Gasteiger partial charge in [-0.1, -0.05) is 54.1 Å². The first-order valence-corrected chi connectivity index (χ1v) is 13.1.